The molecule has 6 nitrogen and oxygen atoms in total. The largest absolute Gasteiger partial charge is 0.373 e. The highest BCUT2D eigenvalue weighted by molar-refractivity contribution is 7.91. The predicted molar refractivity (Wildman–Crippen MR) is 113 cm³/mol. The van der Waals surface area contributed by atoms with Crippen LogP contribution in [0.5, 0.6) is 0 Å². The summed E-state index contributed by atoms with van der Waals surface area (Å²) in [5.41, 5.74) is 1.68. The fourth-order valence-corrected chi connectivity index (χ4v) is 5.33. The zero-order valence-corrected chi connectivity index (χ0v) is 18.0. The molecule has 1 saturated heterocycles. The molecule has 1 aliphatic rings. The standard InChI is InChI=1S/C20H26N2O4S2/c1-21(16-8-5-4-6-9-16)15-17-10-7-13-22(17)19-12-11-18(27(2,23)24)14-20(19)28(3,25)26/h4-6,8-9,11-12,14,17H,7,10,13,15H2,1-3H3/t17-/m1/s1. The van der Waals surface area contributed by atoms with Gasteiger partial charge in [-0.15, -0.1) is 0 Å². The molecular weight excluding hydrogens is 396 g/mol. The molecule has 0 aromatic heterocycles. The molecule has 1 aliphatic heterocycles. The van der Waals surface area contributed by atoms with Gasteiger partial charge in [0.25, 0.3) is 0 Å². The lowest BCUT2D eigenvalue weighted by Gasteiger charge is -2.32. The minimum absolute atomic E-state index is 0.0221. The van der Waals surface area contributed by atoms with E-state index in [1.807, 2.05) is 37.4 Å². The maximum Gasteiger partial charge on any atom is 0.177 e. The second kappa shape index (κ2) is 7.75. The first-order valence-electron chi connectivity index (χ1n) is 9.14. The number of benzene rings is 2. The summed E-state index contributed by atoms with van der Waals surface area (Å²) >= 11 is 0. The van der Waals surface area contributed by atoms with Gasteiger partial charge in [0.15, 0.2) is 19.7 Å². The Balaban J connectivity index is 1.95. The Morgan fingerprint density at radius 2 is 1.68 bits per heavy atom. The van der Waals surface area contributed by atoms with Gasteiger partial charge in [0.2, 0.25) is 0 Å². The second-order valence-electron chi connectivity index (χ2n) is 7.38. The van der Waals surface area contributed by atoms with Crippen LogP contribution >= 0.6 is 0 Å². The van der Waals surface area contributed by atoms with Gasteiger partial charge in [-0.05, 0) is 43.2 Å². The van der Waals surface area contributed by atoms with E-state index in [1.165, 1.54) is 12.1 Å². The summed E-state index contributed by atoms with van der Waals surface area (Å²) in [5, 5.41) is 0. The van der Waals surface area contributed by atoms with Crippen LogP contribution in [0.2, 0.25) is 0 Å². The summed E-state index contributed by atoms with van der Waals surface area (Å²) < 4.78 is 48.6. The summed E-state index contributed by atoms with van der Waals surface area (Å²) in [4.78, 5) is 4.36. The summed E-state index contributed by atoms with van der Waals surface area (Å²) in [6, 6.07) is 14.6. The number of rotatable bonds is 6. The van der Waals surface area contributed by atoms with Crippen LogP contribution in [0.1, 0.15) is 12.8 Å². The maximum absolute atomic E-state index is 12.4. The first-order valence-corrected chi connectivity index (χ1v) is 12.9. The van der Waals surface area contributed by atoms with Gasteiger partial charge in [0, 0.05) is 44.4 Å². The average Bonchev–Trinajstić information content (AvgIpc) is 3.08. The molecule has 1 fully saturated rings. The van der Waals surface area contributed by atoms with Crippen LogP contribution in [0.15, 0.2) is 58.3 Å². The lowest BCUT2D eigenvalue weighted by molar-refractivity contribution is 0.598. The van der Waals surface area contributed by atoms with Crippen LogP contribution in [0, 0.1) is 0 Å². The van der Waals surface area contributed by atoms with Crippen molar-refractivity contribution in [1.29, 1.82) is 0 Å². The molecule has 1 atom stereocenters. The normalized spacial score (nSPS) is 17.7. The van der Waals surface area contributed by atoms with Crippen molar-refractivity contribution in [3.63, 3.8) is 0 Å². The van der Waals surface area contributed by atoms with Crippen molar-refractivity contribution < 1.29 is 16.8 Å². The van der Waals surface area contributed by atoms with E-state index in [2.05, 4.69) is 9.80 Å². The van der Waals surface area contributed by atoms with E-state index in [4.69, 9.17) is 0 Å². The monoisotopic (exact) mass is 422 g/mol. The van der Waals surface area contributed by atoms with E-state index < -0.39 is 19.7 Å². The first kappa shape index (κ1) is 20.7. The highest BCUT2D eigenvalue weighted by atomic mass is 32.2. The van der Waals surface area contributed by atoms with Crippen molar-refractivity contribution in [3.8, 4) is 0 Å². The fourth-order valence-electron chi connectivity index (χ4n) is 3.71. The Bertz CT molecular complexity index is 1050. The van der Waals surface area contributed by atoms with Crippen molar-refractivity contribution >= 4 is 31.0 Å². The van der Waals surface area contributed by atoms with Gasteiger partial charge >= 0.3 is 0 Å². The smallest absolute Gasteiger partial charge is 0.177 e. The fraction of sp³-hybridized carbons (Fsp3) is 0.400. The predicted octanol–water partition coefficient (Wildman–Crippen LogP) is 2.60. The molecule has 0 N–H and O–H groups in total. The lowest BCUT2D eigenvalue weighted by Crippen LogP contribution is -2.39. The van der Waals surface area contributed by atoms with Crippen molar-refractivity contribution in [3.05, 3.63) is 48.5 Å². The molecule has 0 aliphatic carbocycles. The molecule has 2 aromatic rings. The van der Waals surface area contributed by atoms with Gasteiger partial charge in [-0.1, -0.05) is 18.2 Å². The zero-order chi connectivity index (χ0) is 20.5. The highest BCUT2D eigenvalue weighted by Crippen LogP contribution is 2.34. The first-order chi connectivity index (χ1) is 13.1. The third-order valence-corrected chi connectivity index (χ3v) is 7.36. The molecule has 0 unspecified atom stereocenters. The van der Waals surface area contributed by atoms with E-state index in [-0.39, 0.29) is 15.8 Å². The molecule has 0 radical (unpaired) electrons. The highest BCUT2D eigenvalue weighted by Gasteiger charge is 2.30. The van der Waals surface area contributed by atoms with Gasteiger partial charge in [0.1, 0.15) is 0 Å². The Kier molecular flexibility index (Phi) is 5.72. The van der Waals surface area contributed by atoms with E-state index in [0.29, 0.717) is 5.69 Å². The SMILES string of the molecule is CN(C[C@H]1CCCN1c1ccc(S(C)(=O)=O)cc1S(C)(=O)=O)c1ccccc1. The number of nitrogens with zero attached hydrogens (tertiary/aromatic N) is 2. The van der Waals surface area contributed by atoms with E-state index >= 15 is 0 Å². The summed E-state index contributed by atoms with van der Waals surface area (Å²) in [6.07, 6.45) is 4.12. The van der Waals surface area contributed by atoms with E-state index in [9.17, 15) is 16.8 Å². The van der Waals surface area contributed by atoms with Crippen molar-refractivity contribution in [2.45, 2.75) is 28.7 Å². The number of hydrogen-bond donors (Lipinski definition) is 0. The Hall–Kier alpha value is -2.06. The molecule has 0 amide bonds. The van der Waals surface area contributed by atoms with Crippen LogP contribution in [0.25, 0.3) is 0 Å². The van der Waals surface area contributed by atoms with Crippen molar-refractivity contribution in [2.75, 3.05) is 42.4 Å². The Morgan fingerprint density at radius 1 is 1.00 bits per heavy atom. The molecule has 0 bridgehead atoms. The summed E-state index contributed by atoms with van der Waals surface area (Å²) in [5.74, 6) is 0. The zero-order valence-electron chi connectivity index (χ0n) is 16.4. The average molecular weight is 423 g/mol. The van der Waals surface area contributed by atoms with Gasteiger partial charge in [0.05, 0.1) is 15.5 Å². The van der Waals surface area contributed by atoms with E-state index in [1.54, 1.807) is 6.07 Å². The van der Waals surface area contributed by atoms with E-state index in [0.717, 1.165) is 44.1 Å². The number of anilines is 2. The quantitative estimate of drug-likeness (QED) is 0.712. The Morgan fingerprint density at radius 3 is 2.29 bits per heavy atom. The number of likely N-dealkylation sites (N-methyl/N-ethyl adjacent to an activating group) is 1. The molecular formula is C20H26N2O4S2. The molecule has 1 heterocycles. The molecule has 2 aromatic carbocycles. The summed E-state index contributed by atoms with van der Waals surface area (Å²) in [6.45, 7) is 1.50. The second-order valence-corrected chi connectivity index (χ2v) is 11.4. The van der Waals surface area contributed by atoms with Gasteiger partial charge < -0.3 is 9.80 Å². The van der Waals surface area contributed by atoms with Crippen LogP contribution in [0.4, 0.5) is 11.4 Å². The van der Waals surface area contributed by atoms with Gasteiger partial charge in [-0.2, -0.15) is 0 Å². The van der Waals surface area contributed by atoms with Crippen LogP contribution in [-0.2, 0) is 19.7 Å². The van der Waals surface area contributed by atoms with Gasteiger partial charge in [-0.3, -0.25) is 0 Å². The van der Waals surface area contributed by atoms with Gasteiger partial charge in [-0.25, -0.2) is 16.8 Å². The lowest BCUT2D eigenvalue weighted by atomic mass is 10.2. The molecule has 0 spiro atoms. The number of sulfone groups is 2. The third-order valence-electron chi connectivity index (χ3n) is 5.13. The molecule has 3 rings (SSSR count). The topological polar surface area (TPSA) is 74.8 Å². The van der Waals surface area contributed by atoms with Crippen molar-refractivity contribution in [2.24, 2.45) is 0 Å². The number of para-hydroxylation sites is 1. The summed E-state index contributed by atoms with van der Waals surface area (Å²) in [7, 11) is -5.04. The molecule has 152 valence electrons. The molecule has 8 heteroatoms. The van der Waals surface area contributed by atoms with Crippen LogP contribution in [0.3, 0.4) is 0 Å². The minimum Gasteiger partial charge on any atom is -0.373 e. The van der Waals surface area contributed by atoms with Crippen LogP contribution < -0.4 is 9.80 Å². The maximum atomic E-state index is 12.4. The van der Waals surface area contributed by atoms with Crippen molar-refractivity contribution in [1.82, 2.24) is 0 Å². The van der Waals surface area contributed by atoms with Crippen LogP contribution in [-0.4, -0.2) is 55.5 Å². The minimum atomic E-state index is -3.58. The molecule has 0 saturated carbocycles. The third kappa shape index (κ3) is 4.50. The molecule has 28 heavy (non-hydrogen) atoms. The Labute approximate surface area is 167 Å². The number of hydrogen-bond acceptors (Lipinski definition) is 6.